The number of hydrogen-bond donors (Lipinski definition) is 3. The first kappa shape index (κ1) is 13.4. The summed E-state index contributed by atoms with van der Waals surface area (Å²) in [5.74, 6) is -0.754. The summed E-state index contributed by atoms with van der Waals surface area (Å²) in [5, 5.41) is 8.54. The van der Waals surface area contributed by atoms with Crippen LogP contribution >= 0.6 is 0 Å². The molecule has 84 valence electrons. The highest BCUT2D eigenvalue weighted by Crippen LogP contribution is 1.95. The lowest BCUT2D eigenvalue weighted by atomic mass is 10.3. The van der Waals surface area contributed by atoms with Crippen LogP contribution in [0.1, 0.15) is 19.3 Å². The second-order valence-corrected chi connectivity index (χ2v) is 3.27. The van der Waals surface area contributed by atoms with Crippen LogP contribution in [0.5, 0.6) is 0 Å². The van der Waals surface area contributed by atoms with Gasteiger partial charge in [-0.15, -0.1) is 0 Å². The number of rotatable bonds is 9. The molecule has 0 aromatic rings. The highest BCUT2D eigenvalue weighted by molar-refractivity contribution is 5.66. The molecule has 0 unspecified atom stereocenters. The van der Waals surface area contributed by atoms with Crippen molar-refractivity contribution in [2.75, 3.05) is 32.7 Å². The number of carbonyl (C=O) groups is 1. The minimum atomic E-state index is -0.754. The number of nitrogens with two attached hydrogens (primary N) is 2. The van der Waals surface area contributed by atoms with Gasteiger partial charge in [0.1, 0.15) is 0 Å². The smallest absolute Gasteiger partial charge is 0.304 e. The monoisotopic (exact) mass is 203 g/mol. The van der Waals surface area contributed by atoms with Crippen molar-refractivity contribution in [3.05, 3.63) is 0 Å². The molecule has 0 aliphatic rings. The van der Waals surface area contributed by atoms with E-state index in [-0.39, 0.29) is 6.42 Å². The van der Waals surface area contributed by atoms with Crippen LogP contribution in [-0.2, 0) is 4.79 Å². The summed E-state index contributed by atoms with van der Waals surface area (Å²) in [4.78, 5) is 12.5. The molecule has 0 aromatic carbocycles. The molecule has 0 amide bonds. The third-order valence-corrected chi connectivity index (χ3v) is 2.00. The normalized spacial score (nSPS) is 10.8. The molecule has 0 fully saturated rings. The van der Waals surface area contributed by atoms with Crippen LogP contribution in [0.15, 0.2) is 0 Å². The molecular weight excluding hydrogens is 182 g/mol. The minimum absolute atomic E-state index is 0.190. The molecule has 0 spiro atoms. The van der Waals surface area contributed by atoms with Crippen LogP contribution in [0.25, 0.3) is 0 Å². The lowest BCUT2D eigenvalue weighted by Crippen LogP contribution is -2.30. The first-order chi connectivity index (χ1) is 6.70. The molecule has 0 saturated carbocycles. The van der Waals surface area contributed by atoms with Gasteiger partial charge >= 0.3 is 5.97 Å². The van der Waals surface area contributed by atoms with Crippen LogP contribution in [0.2, 0.25) is 0 Å². The molecule has 5 heteroatoms. The first-order valence-corrected chi connectivity index (χ1v) is 5.05. The van der Waals surface area contributed by atoms with Gasteiger partial charge in [-0.05, 0) is 39.0 Å². The molecule has 14 heavy (non-hydrogen) atoms. The first-order valence-electron chi connectivity index (χ1n) is 5.05. The summed E-state index contributed by atoms with van der Waals surface area (Å²) in [6, 6.07) is 0. The fourth-order valence-corrected chi connectivity index (χ4v) is 1.22. The van der Waals surface area contributed by atoms with Gasteiger partial charge in [0.15, 0.2) is 0 Å². The Morgan fingerprint density at radius 2 is 1.57 bits per heavy atom. The summed E-state index contributed by atoms with van der Waals surface area (Å²) >= 11 is 0. The second-order valence-electron chi connectivity index (χ2n) is 3.27. The lowest BCUT2D eigenvalue weighted by molar-refractivity contribution is -0.137. The highest BCUT2D eigenvalue weighted by atomic mass is 16.4. The molecule has 0 heterocycles. The van der Waals surface area contributed by atoms with Gasteiger partial charge in [0.2, 0.25) is 0 Å². The van der Waals surface area contributed by atoms with Crippen LogP contribution in [-0.4, -0.2) is 48.7 Å². The molecule has 0 bridgehead atoms. The maximum Gasteiger partial charge on any atom is 0.304 e. The topological polar surface area (TPSA) is 92.6 Å². The van der Waals surface area contributed by atoms with Crippen LogP contribution < -0.4 is 11.5 Å². The summed E-state index contributed by atoms with van der Waals surface area (Å²) in [6.45, 7) is 3.61. The Labute approximate surface area is 85.1 Å². The summed E-state index contributed by atoms with van der Waals surface area (Å²) in [7, 11) is 0. The molecule has 5 nitrogen and oxygen atoms in total. The third kappa shape index (κ3) is 7.97. The van der Waals surface area contributed by atoms with Crippen molar-refractivity contribution in [1.29, 1.82) is 0 Å². The number of aliphatic carboxylic acids is 1. The zero-order chi connectivity index (χ0) is 10.8. The maximum atomic E-state index is 10.4. The Bertz CT molecular complexity index is 145. The summed E-state index contributed by atoms with van der Waals surface area (Å²) in [6.07, 6.45) is 2.00. The molecule has 0 aliphatic heterocycles. The van der Waals surface area contributed by atoms with Crippen molar-refractivity contribution in [1.82, 2.24) is 4.90 Å². The van der Waals surface area contributed by atoms with E-state index in [4.69, 9.17) is 16.6 Å². The van der Waals surface area contributed by atoms with E-state index < -0.39 is 5.97 Å². The van der Waals surface area contributed by atoms with Gasteiger partial charge in [0.05, 0.1) is 6.42 Å². The van der Waals surface area contributed by atoms with Crippen LogP contribution in [0, 0.1) is 0 Å². The van der Waals surface area contributed by atoms with E-state index in [1.807, 2.05) is 0 Å². The predicted octanol–water partition coefficient (Wildman–Crippen LogP) is -0.539. The lowest BCUT2D eigenvalue weighted by Gasteiger charge is -2.20. The van der Waals surface area contributed by atoms with E-state index in [2.05, 4.69) is 4.90 Å². The molecule has 0 saturated heterocycles. The molecule has 0 atom stereocenters. The fourth-order valence-electron chi connectivity index (χ4n) is 1.22. The Balaban J connectivity index is 3.65. The van der Waals surface area contributed by atoms with Gasteiger partial charge in [-0.25, -0.2) is 0 Å². The van der Waals surface area contributed by atoms with Gasteiger partial charge in [-0.3, -0.25) is 4.79 Å². The molecule has 0 aliphatic carbocycles. The highest BCUT2D eigenvalue weighted by Gasteiger charge is 2.05. The molecular formula is C9H21N3O2. The standard InChI is InChI=1S/C9H21N3O2/c10-4-1-6-12(7-2-5-11)8-3-9(13)14/h1-8,10-11H2,(H,13,14). The zero-order valence-corrected chi connectivity index (χ0v) is 8.61. The van der Waals surface area contributed by atoms with Gasteiger partial charge in [0, 0.05) is 6.54 Å². The molecule has 5 N–H and O–H groups in total. The van der Waals surface area contributed by atoms with Crippen molar-refractivity contribution in [3.63, 3.8) is 0 Å². The van der Waals surface area contributed by atoms with E-state index in [9.17, 15) is 4.79 Å². The quantitative estimate of drug-likeness (QED) is 0.468. The van der Waals surface area contributed by atoms with Crippen molar-refractivity contribution >= 4 is 5.97 Å². The van der Waals surface area contributed by atoms with E-state index in [1.54, 1.807) is 0 Å². The van der Waals surface area contributed by atoms with Crippen molar-refractivity contribution in [2.24, 2.45) is 11.5 Å². The average Bonchev–Trinajstić information content (AvgIpc) is 2.16. The Kier molecular flexibility index (Phi) is 8.51. The molecule has 0 aromatic heterocycles. The van der Waals surface area contributed by atoms with E-state index in [0.29, 0.717) is 19.6 Å². The number of carboxylic acid groups (broad SMARTS) is 1. The van der Waals surface area contributed by atoms with Gasteiger partial charge < -0.3 is 21.5 Å². The molecule has 0 radical (unpaired) electrons. The fraction of sp³-hybridized carbons (Fsp3) is 0.889. The van der Waals surface area contributed by atoms with Crippen molar-refractivity contribution in [3.8, 4) is 0 Å². The van der Waals surface area contributed by atoms with Crippen LogP contribution in [0.4, 0.5) is 0 Å². The van der Waals surface area contributed by atoms with E-state index in [1.165, 1.54) is 0 Å². The van der Waals surface area contributed by atoms with E-state index >= 15 is 0 Å². The van der Waals surface area contributed by atoms with Gasteiger partial charge in [0.25, 0.3) is 0 Å². The zero-order valence-electron chi connectivity index (χ0n) is 8.61. The average molecular weight is 203 g/mol. The van der Waals surface area contributed by atoms with Crippen molar-refractivity contribution in [2.45, 2.75) is 19.3 Å². The minimum Gasteiger partial charge on any atom is -0.481 e. The number of carboxylic acids is 1. The SMILES string of the molecule is NCCCN(CCCN)CCC(=O)O. The van der Waals surface area contributed by atoms with Crippen LogP contribution in [0.3, 0.4) is 0 Å². The predicted molar refractivity (Wildman–Crippen MR) is 56.0 cm³/mol. The Morgan fingerprint density at radius 1 is 1.07 bits per heavy atom. The van der Waals surface area contributed by atoms with Crippen molar-refractivity contribution < 1.29 is 9.90 Å². The Morgan fingerprint density at radius 3 is 1.93 bits per heavy atom. The maximum absolute atomic E-state index is 10.4. The third-order valence-electron chi connectivity index (χ3n) is 2.00. The number of hydrogen-bond acceptors (Lipinski definition) is 4. The second kappa shape index (κ2) is 8.93. The van der Waals surface area contributed by atoms with E-state index in [0.717, 1.165) is 25.9 Å². The number of nitrogens with zero attached hydrogens (tertiary/aromatic N) is 1. The Hall–Kier alpha value is -0.650. The van der Waals surface area contributed by atoms with Gasteiger partial charge in [-0.2, -0.15) is 0 Å². The largest absolute Gasteiger partial charge is 0.481 e. The summed E-state index contributed by atoms with van der Waals surface area (Å²) < 4.78 is 0. The summed E-state index contributed by atoms with van der Waals surface area (Å²) in [5.41, 5.74) is 10.8. The van der Waals surface area contributed by atoms with Gasteiger partial charge in [-0.1, -0.05) is 0 Å². The molecule has 0 rings (SSSR count).